The van der Waals surface area contributed by atoms with Crippen LogP contribution in [0.5, 0.6) is 0 Å². The van der Waals surface area contributed by atoms with E-state index in [2.05, 4.69) is 6.92 Å². The molecule has 0 amide bonds. The van der Waals surface area contributed by atoms with Crippen LogP contribution in [-0.4, -0.2) is 0 Å². The molecule has 0 aliphatic rings. The van der Waals surface area contributed by atoms with E-state index in [-0.39, 0.29) is 5.63 Å². The highest BCUT2D eigenvalue weighted by molar-refractivity contribution is 6.05. The third-order valence-electron chi connectivity index (χ3n) is 4.58. The van der Waals surface area contributed by atoms with E-state index in [1.807, 2.05) is 48.5 Å². The van der Waals surface area contributed by atoms with Crippen LogP contribution in [0.15, 0.2) is 68.2 Å². The molecule has 0 atom stereocenters. The van der Waals surface area contributed by atoms with Crippen molar-refractivity contribution in [3.05, 3.63) is 70.6 Å². The van der Waals surface area contributed by atoms with Crippen LogP contribution in [0.1, 0.15) is 31.7 Å². The van der Waals surface area contributed by atoms with Crippen LogP contribution in [-0.2, 0) is 6.42 Å². The molecule has 2 aromatic carbocycles. The first-order valence-corrected chi connectivity index (χ1v) is 8.81. The van der Waals surface area contributed by atoms with Gasteiger partial charge in [-0.05, 0) is 36.6 Å². The largest absolute Gasteiger partial charge is 0.455 e. The zero-order chi connectivity index (χ0) is 17.2. The fraction of sp³-hybridized carbons (Fsp3) is 0.227. The minimum atomic E-state index is -0.298. The smallest absolute Gasteiger partial charge is 0.336 e. The molecule has 3 heteroatoms. The summed E-state index contributed by atoms with van der Waals surface area (Å²) < 4.78 is 11.6. The van der Waals surface area contributed by atoms with Gasteiger partial charge in [-0.25, -0.2) is 4.79 Å². The van der Waals surface area contributed by atoms with Gasteiger partial charge in [0.2, 0.25) is 0 Å². The molecule has 4 rings (SSSR count). The Morgan fingerprint density at radius 2 is 1.76 bits per heavy atom. The Bertz CT molecular complexity index is 1070. The molecule has 0 fully saturated rings. The zero-order valence-corrected chi connectivity index (χ0v) is 14.2. The van der Waals surface area contributed by atoms with E-state index in [9.17, 15) is 4.79 Å². The SMILES string of the molecule is CCCCCc1cc(=O)oc2ccc3cc(-c4ccccc4)oc3c12. The lowest BCUT2D eigenvalue weighted by Gasteiger charge is -2.05. The molecule has 0 unspecified atom stereocenters. The van der Waals surface area contributed by atoms with Gasteiger partial charge in [0.1, 0.15) is 16.9 Å². The quantitative estimate of drug-likeness (QED) is 0.335. The first-order valence-electron chi connectivity index (χ1n) is 8.81. The van der Waals surface area contributed by atoms with Gasteiger partial charge in [-0.1, -0.05) is 50.1 Å². The van der Waals surface area contributed by atoms with Gasteiger partial charge < -0.3 is 8.83 Å². The summed E-state index contributed by atoms with van der Waals surface area (Å²) in [6.45, 7) is 2.17. The first kappa shape index (κ1) is 15.7. The average molecular weight is 332 g/mol. The summed E-state index contributed by atoms with van der Waals surface area (Å²) >= 11 is 0. The highest BCUT2D eigenvalue weighted by atomic mass is 16.4. The molecule has 2 heterocycles. The zero-order valence-electron chi connectivity index (χ0n) is 14.2. The van der Waals surface area contributed by atoms with Crippen molar-refractivity contribution < 1.29 is 8.83 Å². The van der Waals surface area contributed by atoms with Crippen molar-refractivity contribution in [3.8, 4) is 11.3 Å². The van der Waals surface area contributed by atoms with E-state index in [1.54, 1.807) is 6.07 Å². The predicted molar refractivity (Wildman–Crippen MR) is 101 cm³/mol. The predicted octanol–water partition coefficient (Wildman–Crippen LogP) is 5.94. The van der Waals surface area contributed by atoms with Gasteiger partial charge in [-0.15, -0.1) is 0 Å². The molecule has 0 radical (unpaired) electrons. The third-order valence-corrected chi connectivity index (χ3v) is 4.58. The monoisotopic (exact) mass is 332 g/mol. The Kier molecular flexibility index (Phi) is 4.14. The lowest BCUT2D eigenvalue weighted by molar-refractivity contribution is 0.556. The van der Waals surface area contributed by atoms with Gasteiger partial charge in [-0.3, -0.25) is 0 Å². The van der Waals surface area contributed by atoms with Crippen molar-refractivity contribution in [3.63, 3.8) is 0 Å². The first-order chi connectivity index (χ1) is 12.3. The Labute approximate surface area is 145 Å². The molecule has 0 aliphatic heterocycles. The molecule has 0 spiro atoms. The van der Waals surface area contributed by atoms with Crippen molar-refractivity contribution in [2.75, 3.05) is 0 Å². The topological polar surface area (TPSA) is 43.4 Å². The van der Waals surface area contributed by atoms with Crippen LogP contribution < -0.4 is 5.63 Å². The summed E-state index contributed by atoms with van der Waals surface area (Å²) in [4.78, 5) is 11.9. The van der Waals surface area contributed by atoms with E-state index in [0.29, 0.717) is 5.58 Å². The molecule has 126 valence electrons. The lowest BCUT2D eigenvalue weighted by atomic mass is 10.0. The van der Waals surface area contributed by atoms with Gasteiger partial charge in [0.05, 0.1) is 5.39 Å². The lowest BCUT2D eigenvalue weighted by Crippen LogP contribution is -2.01. The van der Waals surface area contributed by atoms with Crippen LogP contribution in [0.2, 0.25) is 0 Å². The number of furan rings is 1. The highest BCUT2D eigenvalue weighted by Gasteiger charge is 2.14. The van der Waals surface area contributed by atoms with Crippen LogP contribution >= 0.6 is 0 Å². The Morgan fingerprint density at radius 1 is 0.920 bits per heavy atom. The summed E-state index contributed by atoms with van der Waals surface area (Å²) in [5.74, 6) is 0.828. The summed E-state index contributed by atoms with van der Waals surface area (Å²) in [6.07, 6.45) is 4.20. The maximum absolute atomic E-state index is 11.9. The minimum absolute atomic E-state index is 0.298. The van der Waals surface area contributed by atoms with Crippen molar-refractivity contribution in [1.29, 1.82) is 0 Å². The summed E-state index contributed by atoms with van der Waals surface area (Å²) in [7, 11) is 0. The van der Waals surface area contributed by atoms with E-state index in [4.69, 9.17) is 8.83 Å². The molecule has 2 aromatic heterocycles. The molecule has 25 heavy (non-hydrogen) atoms. The average Bonchev–Trinajstić information content (AvgIpc) is 3.06. The number of fused-ring (bicyclic) bond motifs is 3. The Hall–Kier alpha value is -2.81. The van der Waals surface area contributed by atoms with Gasteiger partial charge in [-0.2, -0.15) is 0 Å². The van der Waals surface area contributed by atoms with E-state index in [0.717, 1.165) is 58.9 Å². The molecular weight excluding hydrogens is 312 g/mol. The standard InChI is InChI=1S/C22H20O3/c1-2-3-5-10-16-14-20(23)24-18-12-11-17-13-19(25-22(17)21(16)18)15-8-6-4-7-9-15/h4,6-9,11-14H,2-3,5,10H2,1H3. The van der Waals surface area contributed by atoms with E-state index in [1.165, 1.54) is 0 Å². The van der Waals surface area contributed by atoms with Gasteiger partial charge >= 0.3 is 5.63 Å². The number of benzene rings is 2. The summed E-state index contributed by atoms with van der Waals surface area (Å²) in [6, 6.07) is 17.5. The van der Waals surface area contributed by atoms with Crippen molar-refractivity contribution in [1.82, 2.24) is 0 Å². The van der Waals surface area contributed by atoms with Crippen LogP contribution in [0, 0.1) is 0 Å². The van der Waals surface area contributed by atoms with Gasteiger partial charge in [0.15, 0.2) is 0 Å². The maximum atomic E-state index is 11.9. The number of hydrogen-bond donors (Lipinski definition) is 0. The number of hydrogen-bond acceptors (Lipinski definition) is 3. The second-order valence-electron chi connectivity index (χ2n) is 6.38. The van der Waals surface area contributed by atoms with Gasteiger partial charge in [0, 0.05) is 17.0 Å². The van der Waals surface area contributed by atoms with E-state index >= 15 is 0 Å². The minimum Gasteiger partial charge on any atom is -0.455 e. The molecule has 0 N–H and O–H groups in total. The van der Waals surface area contributed by atoms with Crippen LogP contribution in [0.3, 0.4) is 0 Å². The van der Waals surface area contributed by atoms with Crippen LogP contribution in [0.4, 0.5) is 0 Å². The molecular formula is C22H20O3. The van der Waals surface area contributed by atoms with Crippen LogP contribution in [0.25, 0.3) is 33.3 Å². The fourth-order valence-corrected chi connectivity index (χ4v) is 3.33. The molecule has 4 aromatic rings. The molecule has 0 saturated heterocycles. The molecule has 0 aliphatic carbocycles. The second-order valence-corrected chi connectivity index (χ2v) is 6.38. The molecule has 3 nitrogen and oxygen atoms in total. The molecule has 0 bridgehead atoms. The normalized spacial score (nSPS) is 11.4. The summed E-state index contributed by atoms with van der Waals surface area (Å²) in [5.41, 5.74) is 3.15. The van der Waals surface area contributed by atoms with Crippen molar-refractivity contribution in [2.24, 2.45) is 0 Å². The Morgan fingerprint density at radius 3 is 2.56 bits per heavy atom. The number of aryl methyl sites for hydroxylation is 1. The van der Waals surface area contributed by atoms with Gasteiger partial charge in [0.25, 0.3) is 0 Å². The van der Waals surface area contributed by atoms with Crippen molar-refractivity contribution >= 4 is 21.9 Å². The second kappa shape index (κ2) is 6.60. The molecule has 0 saturated carbocycles. The fourth-order valence-electron chi connectivity index (χ4n) is 3.33. The highest BCUT2D eigenvalue weighted by Crippen LogP contribution is 2.34. The number of unbranched alkanes of at least 4 members (excludes halogenated alkanes) is 2. The Balaban J connectivity index is 1.92. The van der Waals surface area contributed by atoms with Crippen molar-refractivity contribution in [2.45, 2.75) is 32.6 Å². The summed E-state index contributed by atoms with van der Waals surface area (Å²) in [5, 5.41) is 1.95. The number of rotatable bonds is 5. The third kappa shape index (κ3) is 2.98. The maximum Gasteiger partial charge on any atom is 0.336 e. The van der Waals surface area contributed by atoms with E-state index < -0.39 is 0 Å².